The number of hydrogen-bond acceptors (Lipinski definition) is 4. The molecule has 1 aliphatic rings. The fourth-order valence-electron chi connectivity index (χ4n) is 3.08. The first-order valence-corrected chi connectivity index (χ1v) is 9.30. The molecule has 0 N–H and O–H groups in total. The number of sulfonamides is 1. The van der Waals surface area contributed by atoms with E-state index in [0.29, 0.717) is 19.0 Å². The fourth-order valence-corrected chi connectivity index (χ4v) is 4.60. The van der Waals surface area contributed by atoms with Gasteiger partial charge in [-0.3, -0.25) is 4.98 Å². The lowest BCUT2D eigenvalue weighted by Gasteiger charge is -2.31. The van der Waals surface area contributed by atoms with Gasteiger partial charge >= 0.3 is 0 Å². The van der Waals surface area contributed by atoms with Crippen molar-refractivity contribution >= 4 is 10.0 Å². The smallest absolute Gasteiger partial charge is 0.262 e. The molecule has 0 radical (unpaired) electrons. The van der Waals surface area contributed by atoms with Crippen LogP contribution in [0.25, 0.3) is 0 Å². The third kappa shape index (κ3) is 3.61. The van der Waals surface area contributed by atoms with E-state index in [0.717, 1.165) is 30.7 Å². The molecule has 2 aromatic rings. The van der Waals surface area contributed by atoms with Crippen LogP contribution in [0.15, 0.2) is 35.7 Å². The van der Waals surface area contributed by atoms with Gasteiger partial charge in [0.15, 0.2) is 5.03 Å². The van der Waals surface area contributed by atoms with Crippen LogP contribution in [0.4, 0.5) is 0 Å². The Hall–Kier alpha value is -1.73. The van der Waals surface area contributed by atoms with E-state index in [4.69, 9.17) is 0 Å². The molecule has 1 saturated heterocycles. The maximum absolute atomic E-state index is 12.7. The minimum atomic E-state index is -3.49. The van der Waals surface area contributed by atoms with Crippen molar-refractivity contribution in [1.82, 2.24) is 18.8 Å². The summed E-state index contributed by atoms with van der Waals surface area (Å²) in [6, 6.07) is 5.99. The lowest BCUT2D eigenvalue weighted by atomic mass is 9.94. The summed E-state index contributed by atoms with van der Waals surface area (Å²) in [5, 5.41) is 0.134. The summed E-state index contributed by atoms with van der Waals surface area (Å²) in [4.78, 5) is 8.54. The number of rotatable bonds is 4. The van der Waals surface area contributed by atoms with E-state index < -0.39 is 10.0 Å². The zero-order valence-electron chi connectivity index (χ0n) is 13.5. The van der Waals surface area contributed by atoms with Crippen molar-refractivity contribution < 1.29 is 8.42 Å². The third-order valence-electron chi connectivity index (χ3n) is 4.21. The molecule has 1 atom stereocenters. The van der Waals surface area contributed by atoms with Crippen LogP contribution < -0.4 is 0 Å². The van der Waals surface area contributed by atoms with Gasteiger partial charge in [-0.05, 0) is 44.2 Å². The number of aromatic nitrogens is 3. The van der Waals surface area contributed by atoms with Gasteiger partial charge in [0.1, 0.15) is 0 Å². The van der Waals surface area contributed by atoms with Gasteiger partial charge < -0.3 is 4.57 Å². The number of hydrogen-bond donors (Lipinski definition) is 0. The van der Waals surface area contributed by atoms with Gasteiger partial charge in [-0.25, -0.2) is 13.4 Å². The van der Waals surface area contributed by atoms with Crippen molar-refractivity contribution in [2.45, 2.75) is 31.2 Å². The Labute approximate surface area is 137 Å². The third-order valence-corrected chi connectivity index (χ3v) is 5.96. The van der Waals surface area contributed by atoms with Gasteiger partial charge in [-0.15, -0.1) is 0 Å². The van der Waals surface area contributed by atoms with Crippen molar-refractivity contribution in [3.8, 4) is 0 Å². The molecule has 1 aliphatic heterocycles. The van der Waals surface area contributed by atoms with E-state index in [1.807, 2.05) is 25.1 Å². The molecule has 23 heavy (non-hydrogen) atoms. The van der Waals surface area contributed by atoms with Gasteiger partial charge in [0, 0.05) is 37.7 Å². The fraction of sp³-hybridized carbons (Fsp3) is 0.500. The maximum Gasteiger partial charge on any atom is 0.262 e. The molecule has 0 amide bonds. The first-order chi connectivity index (χ1) is 10.9. The number of piperidine rings is 1. The standard InChI is InChI=1S/C16H22N4O2S/c1-13-5-3-7-15(18-13)9-14-6-4-8-20(10-14)23(21,22)16-11-19(2)12-17-16/h3,5,7,11-12,14H,4,6,8-10H2,1-2H3. The van der Waals surface area contributed by atoms with Crippen molar-refractivity contribution in [3.05, 3.63) is 42.1 Å². The van der Waals surface area contributed by atoms with Crippen LogP contribution in [0.1, 0.15) is 24.2 Å². The van der Waals surface area contributed by atoms with E-state index in [1.54, 1.807) is 22.1 Å². The largest absolute Gasteiger partial charge is 0.339 e. The van der Waals surface area contributed by atoms with Crippen LogP contribution in [0.5, 0.6) is 0 Å². The Kier molecular flexibility index (Phi) is 4.50. The summed E-state index contributed by atoms with van der Waals surface area (Å²) in [7, 11) is -1.72. The van der Waals surface area contributed by atoms with Crippen molar-refractivity contribution in [1.29, 1.82) is 0 Å². The summed E-state index contributed by atoms with van der Waals surface area (Å²) >= 11 is 0. The highest BCUT2D eigenvalue weighted by Crippen LogP contribution is 2.25. The highest BCUT2D eigenvalue weighted by atomic mass is 32.2. The summed E-state index contributed by atoms with van der Waals surface area (Å²) in [6.07, 6.45) is 5.80. The van der Waals surface area contributed by atoms with Crippen LogP contribution in [0.3, 0.4) is 0 Å². The molecular weight excluding hydrogens is 312 g/mol. The quantitative estimate of drug-likeness (QED) is 0.854. The molecule has 1 unspecified atom stereocenters. The second-order valence-corrected chi connectivity index (χ2v) is 8.11. The molecule has 7 heteroatoms. The molecule has 0 spiro atoms. The normalized spacial score (nSPS) is 19.8. The maximum atomic E-state index is 12.7. The van der Waals surface area contributed by atoms with Gasteiger partial charge in [0.2, 0.25) is 0 Å². The molecule has 1 fully saturated rings. The number of aryl methyl sites for hydroxylation is 2. The van der Waals surface area contributed by atoms with Crippen molar-refractivity contribution in [2.75, 3.05) is 13.1 Å². The van der Waals surface area contributed by atoms with Crippen LogP contribution in [0.2, 0.25) is 0 Å². The summed E-state index contributed by atoms with van der Waals surface area (Å²) < 4.78 is 28.6. The molecule has 6 nitrogen and oxygen atoms in total. The molecule has 2 aromatic heterocycles. The van der Waals surface area contributed by atoms with E-state index in [1.165, 1.54) is 6.33 Å². The predicted octanol–water partition coefficient (Wildman–Crippen LogP) is 1.77. The van der Waals surface area contributed by atoms with Crippen LogP contribution in [-0.4, -0.2) is 40.3 Å². The molecule has 124 valence electrons. The molecule has 0 aromatic carbocycles. The lowest BCUT2D eigenvalue weighted by Crippen LogP contribution is -2.40. The second-order valence-electron chi connectivity index (χ2n) is 6.22. The topological polar surface area (TPSA) is 68.1 Å². The van der Waals surface area contributed by atoms with Crippen LogP contribution in [0, 0.1) is 12.8 Å². The van der Waals surface area contributed by atoms with E-state index in [-0.39, 0.29) is 5.03 Å². The minimum Gasteiger partial charge on any atom is -0.339 e. The van der Waals surface area contributed by atoms with Gasteiger partial charge in [-0.1, -0.05) is 6.07 Å². The molecule has 3 heterocycles. The number of nitrogens with zero attached hydrogens (tertiary/aromatic N) is 4. The first kappa shape index (κ1) is 16.1. The predicted molar refractivity (Wildman–Crippen MR) is 87.4 cm³/mol. The summed E-state index contributed by atoms with van der Waals surface area (Å²) in [6.45, 7) is 3.08. The molecule has 0 aliphatic carbocycles. The molecule has 0 saturated carbocycles. The summed E-state index contributed by atoms with van der Waals surface area (Å²) in [5.41, 5.74) is 2.03. The first-order valence-electron chi connectivity index (χ1n) is 7.86. The lowest BCUT2D eigenvalue weighted by molar-refractivity contribution is 0.263. The zero-order chi connectivity index (χ0) is 16.4. The van der Waals surface area contributed by atoms with Gasteiger partial charge in [-0.2, -0.15) is 4.31 Å². The van der Waals surface area contributed by atoms with Crippen molar-refractivity contribution in [3.63, 3.8) is 0 Å². The Morgan fingerprint density at radius 3 is 2.87 bits per heavy atom. The Morgan fingerprint density at radius 2 is 2.17 bits per heavy atom. The Bertz CT molecular complexity index is 785. The van der Waals surface area contributed by atoms with Gasteiger partial charge in [0.25, 0.3) is 10.0 Å². The average Bonchev–Trinajstić information content (AvgIpc) is 2.95. The highest BCUT2D eigenvalue weighted by Gasteiger charge is 2.31. The highest BCUT2D eigenvalue weighted by molar-refractivity contribution is 7.89. The number of imidazole rings is 1. The molecular formula is C16H22N4O2S. The van der Waals surface area contributed by atoms with Crippen LogP contribution >= 0.6 is 0 Å². The Balaban J connectivity index is 1.73. The molecule has 0 bridgehead atoms. The average molecular weight is 334 g/mol. The van der Waals surface area contributed by atoms with E-state index >= 15 is 0 Å². The van der Waals surface area contributed by atoms with Crippen LogP contribution in [-0.2, 0) is 23.5 Å². The SMILES string of the molecule is Cc1cccc(CC2CCCN(S(=O)(=O)c3cn(C)cn3)C2)n1. The monoisotopic (exact) mass is 334 g/mol. The summed E-state index contributed by atoms with van der Waals surface area (Å²) in [5.74, 6) is 0.302. The molecule has 3 rings (SSSR count). The zero-order valence-corrected chi connectivity index (χ0v) is 14.3. The minimum absolute atomic E-state index is 0.134. The Morgan fingerprint density at radius 1 is 1.35 bits per heavy atom. The van der Waals surface area contributed by atoms with Crippen molar-refractivity contribution in [2.24, 2.45) is 13.0 Å². The van der Waals surface area contributed by atoms with E-state index in [9.17, 15) is 8.42 Å². The van der Waals surface area contributed by atoms with E-state index in [2.05, 4.69) is 9.97 Å². The second kappa shape index (κ2) is 6.41. The number of pyridine rings is 1. The van der Waals surface area contributed by atoms with Gasteiger partial charge in [0.05, 0.1) is 6.33 Å².